The molecule has 0 amide bonds. The summed E-state index contributed by atoms with van der Waals surface area (Å²) in [6, 6.07) is 3.15. The normalized spacial score (nSPS) is 13.4. The predicted molar refractivity (Wildman–Crippen MR) is 77.9 cm³/mol. The molecule has 0 spiro atoms. The number of anilines is 1. The molecule has 0 aliphatic heterocycles. The van der Waals surface area contributed by atoms with Gasteiger partial charge >= 0.3 is 0 Å². The summed E-state index contributed by atoms with van der Waals surface area (Å²) in [5.74, 6) is 0.584. The number of nitrogens with two attached hydrogens (primary N) is 1. The lowest BCUT2D eigenvalue weighted by atomic mass is 10.0. The van der Waals surface area contributed by atoms with Crippen LogP contribution in [0.25, 0.3) is 11.0 Å². The number of fused-ring (bicyclic) bond motifs is 1. The average molecular weight is 284 g/mol. The highest BCUT2D eigenvalue weighted by Gasteiger charge is 2.16. The van der Waals surface area contributed by atoms with Crippen molar-refractivity contribution in [1.82, 2.24) is 9.55 Å². The monoisotopic (exact) mass is 283 g/mol. The molecule has 2 aromatic rings. The van der Waals surface area contributed by atoms with Crippen LogP contribution in [0.1, 0.15) is 39.7 Å². The molecule has 5 heteroatoms. The van der Waals surface area contributed by atoms with Crippen LogP contribution in [0.4, 0.5) is 10.3 Å². The minimum atomic E-state index is -0.464. The van der Waals surface area contributed by atoms with Gasteiger partial charge in [0.05, 0.1) is 16.1 Å². The molecule has 3 nitrogen and oxygen atoms in total. The van der Waals surface area contributed by atoms with Gasteiger partial charge in [-0.2, -0.15) is 0 Å². The van der Waals surface area contributed by atoms with Crippen LogP contribution in [0, 0.1) is 11.7 Å². The van der Waals surface area contributed by atoms with Crippen molar-refractivity contribution in [1.29, 1.82) is 0 Å². The van der Waals surface area contributed by atoms with E-state index in [1.807, 2.05) is 4.57 Å². The molecule has 0 bridgehead atoms. The van der Waals surface area contributed by atoms with Crippen LogP contribution in [0.2, 0.25) is 5.02 Å². The minimum Gasteiger partial charge on any atom is -0.369 e. The predicted octanol–water partition coefficient (Wildman–Crippen LogP) is 4.41. The fourth-order valence-electron chi connectivity index (χ4n) is 2.28. The van der Waals surface area contributed by atoms with Gasteiger partial charge in [-0.1, -0.05) is 25.4 Å². The Morgan fingerprint density at radius 1 is 1.32 bits per heavy atom. The third-order valence-electron chi connectivity index (χ3n) is 3.36. The summed E-state index contributed by atoms with van der Waals surface area (Å²) < 4.78 is 15.4. The maximum Gasteiger partial charge on any atom is 0.201 e. The second-order valence-electron chi connectivity index (χ2n) is 5.42. The van der Waals surface area contributed by atoms with E-state index in [0.717, 1.165) is 18.4 Å². The molecule has 0 aliphatic carbocycles. The van der Waals surface area contributed by atoms with Crippen LogP contribution in [0.5, 0.6) is 0 Å². The van der Waals surface area contributed by atoms with Gasteiger partial charge in [-0.15, -0.1) is 0 Å². The van der Waals surface area contributed by atoms with E-state index < -0.39 is 5.82 Å². The van der Waals surface area contributed by atoms with Crippen molar-refractivity contribution in [2.45, 2.75) is 39.7 Å². The second-order valence-corrected chi connectivity index (χ2v) is 5.82. The topological polar surface area (TPSA) is 43.8 Å². The first-order chi connectivity index (χ1) is 8.90. The first-order valence-electron chi connectivity index (χ1n) is 6.52. The number of nitrogen functional groups attached to an aromatic ring is 1. The minimum absolute atomic E-state index is 0.102. The molecule has 0 saturated carbocycles. The Morgan fingerprint density at radius 3 is 2.63 bits per heavy atom. The summed E-state index contributed by atoms with van der Waals surface area (Å²) in [6.45, 7) is 6.47. The smallest absolute Gasteiger partial charge is 0.201 e. The molecular weight excluding hydrogens is 265 g/mol. The molecule has 2 rings (SSSR count). The van der Waals surface area contributed by atoms with E-state index in [4.69, 9.17) is 17.3 Å². The van der Waals surface area contributed by atoms with Gasteiger partial charge in [-0.25, -0.2) is 9.37 Å². The fraction of sp³-hybridized carbons (Fsp3) is 0.500. The van der Waals surface area contributed by atoms with Gasteiger partial charge in [-0.05, 0) is 31.7 Å². The molecule has 1 aromatic heterocycles. The van der Waals surface area contributed by atoms with Gasteiger partial charge in [0.15, 0.2) is 0 Å². The maximum absolute atomic E-state index is 13.4. The first-order valence-corrected chi connectivity index (χ1v) is 6.90. The van der Waals surface area contributed by atoms with E-state index in [9.17, 15) is 4.39 Å². The maximum atomic E-state index is 13.4. The number of halogens is 2. The quantitative estimate of drug-likeness (QED) is 0.903. The lowest BCUT2D eigenvalue weighted by molar-refractivity contribution is 0.450. The Kier molecular flexibility index (Phi) is 3.99. The zero-order valence-electron chi connectivity index (χ0n) is 11.5. The van der Waals surface area contributed by atoms with E-state index in [0.29, 0.717) is 17.4 Å². The molecule has 19 heavy (non-hydrogen) atoms. The van der Waals surface area contributed by atoms with E-state index in [1.54, 1.807) is 6.07 Å². The van der Waals surface area contributed by atoms with Gasteiger partial charge in [0.25, 0.3) is 0 Å². The summed E-state index contributed by atoms with van der Waals surface area (Å²) in [5, 5.41) is 0.102. The van der Waals surface area contributed by atoms with Crippen LogP contribution >= 0.6 is 11.6 Å². The molecule has 1 atom stereocenters. The van der Waals surface area contributed by atoms with Crippen molar-refractivity contribution in [3.8, 4) is 0 Å². The van der Waals surface area contributed by atoms with Crippen LogP contribution < -0.4 is 5.73 Å². The van der Waals surface area contributed by atoms with Gasteiger partial charge in [0.2, 0.25) is 5.95 Å². The molecule has 104 valence electrons. The van der Waals surface area contributed by atoms with Crippen molar-refractivity contribution < 1.29 is 4.39 Å². The largest absolute Gasteiger partial charge is 0.369 e. The third kappa shape index (κ3) is 2.84. The second kappa shape index (κ2) is 5.37. The average Bonchev–Trinajstić information content (AvgIpc) is 2.62. The molecular formula is C14H19ClFN3. The summed E-state index contributed by atoms with van der Waals surface area (Å²) in [7, 11) is 0. The molecule has 2 N–H and O–H groups in total. The number of hydrogen-bond acceptors (Lipinski definition) is 2. The van der Waals surface area contributed by atoms with E-state index in [1.165, 1.54) is 6.07 Å². The SMILES string of the molecule is CC(C)CCC(C)n1c(N)nc2cc(F)c(Cl)cc21. The number of benzene rings is 1. The van der Waals surface area contributed by atoms with E-state index in [2.05, 4.69) is 25.8 Å². The molecule has 0 saturated heterocycles. The summed E-state index contributed by atoms with van der Waals surface area (Å²) in [5.41, 5.74) is 7.29. The zero-order valence-corrected chi connectivity index (χ0v) is 12.2. The van der Waals surface area contributed by atoms with Crippen molar-refractivity contribution in [3.63, 3.8) is 0 Å². The zero-order chi connectivity index (χ0) is 14.2. The van der Waals surface area contributed by atoms with Crippen LogP contribution in [0.3, 0.4) is 0 Å². The van der Waals surface area contributed by atoms with Crippen molar-refractivity contribution in [2.24, 2.45) is 5.92 Å². The number of rotatable bonds is 4. The Bertz CT molecular complexity index is 592. The van der Waals surface area contributed by atoms with E-state index in [-0.39, 0.29) is 11.1 Å². The van der Waals surface area contributed by atoms with Gasteiger partial charge in [0, 0.05) is 12.1 Å². The van der Waals surface area contributed by atoms with Crippen molar-refractivity contribution in [3.05, 3.63) is 23.0 Å². The van der Waals surface area contributed by atoms with Crippen molar-refractivity contribution >= 4 is 28.6 Å². The summed E-state index contributed by atoms with van der Waals surface area (Å²) in [6.07, 6.45) is 2.11. The highest BCUT2D eigenvalue weighted by atomic mass is 35.5. The highest BCUT2D eigenvalue weighted by Crippen LogP contribution is 2.29. The Labute approximate surface area is 117 Å². The number of imidazole rings is 1. The Morgan fingerprint density at radius 2 is 2.00 bits per heavy atom. The van der Waals surface area contributed by atoms with Crippen LogP contribution in [-0.4, -0.2) is 9.55 Å². The molecule has 1 heterocycles. The van der Waals surface area contributed by atoms with Crippen LogP contribution in [-0.2, 0) is 0 Å². The van der Waals surface area contributed by atoms with Gasteiger partial charge in [0.1, 0.15) is 5.82 Å². The summed E-state index contributed by atoms with van der Waals surface area (Å²) >= 11 is 5.84. The molecule has 1 unspecified atom stereocenters. The molecule has 0 fully saturated rings. The Balaban J connectivity index is 2.42. The van der Waals surface area contributed by atoms with Gasteiger partial charge in [-0.3, -0.25) is 0 Å². The van der Waals surface area contributed by atoms with E-state index >= 15 is 0 Å². The van der Waals surface area contributed by atoms with Crippen molar-refractivity contribution in [2.75, 3.05) is 5.73 Å². The third-order valence-corrected chi connectivity index (χ3v) is 3.65. The molecule has 0 radical (unpaired) electrons. The summed E-state index contributed by atoms with van der Waals surface area (Å²) in [4.78, 5) is 4.21. The fourth-order valence-corrected chi connectivity index (χ4v) is 2.43. The lowest BCUT2D eigenvalue weighted by Crippen LogP contribution is -2.09. The number of nitrogens with zero attached hydrogens (tertiary/aromatic N) is 2. The molecule has 1 aromatic carbocycles. The lowest BCUT2D eigenvalue weighted by Gasteiger charge is -2.17. The first kappa shape index (κ1) is 14.1. The number of hydrogen-bond donors (Lipinski definition) is 1. The van der Waals surface area contributed by atoms with Crippen LogP contribution in [0.15, 0.2) is 12.1 Å². The highest BCUT2D eigenvalue weighted by molar-refractivity contribution is 6.31. The standard InChI is InChI=1S/C14H19ClFN3/c1-8(2)4-5-9(3)19-13-6-10(15)11(16)7-12(13)18-14(19)17/h6-9H,4-5H2,1-3H3,(H2,17,18). The van der Waals surface area contributed by atoms with Gasteiger partial charge < -0.3 is 10.3 Å². The molecule has 0 aliphatic rings. The Hall–Kier alpha value is -1.29. The number of aromatic nitrogens is 2.